The molecular weight excluding hydrogens is 492 g/mol. The van der Waals surface area contributed by atoms with Crippen LogP contribution in [-0.4, -0.2) is 46.6 Å². The Kier molecular flexibility index (Phi) is 9.17. The predicted molar refractivity (Wildman–Crippen MR) is 134 cm³/mol. The number of benzene rings is 2. The summed E-state index contributed by atoms with van der Waals surface area (Å²) < 4.78 is 38.3. The highest BCUT2D eigenvalue weighted by Gasteiger charge is 2.27. The SMILES string of the molecule is C=CCN(c1ccc(OC)cc1)S(=O)(=O)c1ccc(Cl)c(C(=O)OCC(=O)NC2CCCCC2)c1. The summed E-state index contributed by atoms with van der Waals surface area (Å²) in [7, 11) is -2.57. The molecule has 0 atom stereocenters. The van der Waals surface area contributed by atoms with E-state index in [0.29, 0.717) is 11.4 Å². The third-order valence-electron chi connectivity index (χ3n) is 5.71. The lowest BCUT2D eigenvalue weighted by molar-refractivity contribution is -0.125. The van der Waals surface area contributed by atoms with Crippen LogP contribution in [0.1, 0.15) is 42.5 Å². The molecule has 0 radical (unpaired) electrons. The Morgan fingerprint density at radius 3 is 2.46 bits per heavy atom. The number of ether oxygens (including phenoxy) is 2. The van der Waals surface area contributed by atoms with Crippen molar-refractivity contribution in [3.63, 3.8) is 0 Å². The molecule has 0 spiro atoms. The maximum Gasteiger partial charge on any atom is 0.340 e. The van der Waals surface area contributed by atoms with E-state index in [-0.39, 0.29) is 28.1 Å². The fraction of sp³-hybridized carbons (Fsp3) is 0.360. The van der Waals surface area contributed by atoms with Gasteiger partial charge in [-0.25, -0.2) is 13.2 Å². The normalized spacial score (nSPS) is 14.1. The fourth-order valence-electron chi connectivity index (χ4n) is 3.88. The minimum absolute atomic E-state index is 0.00158. The zero-order chi connectivity index (χ0) is 25.4. The lowest BCUT2D eigenvalue weighted by atomic mass is 9.95. The second kappa shape index (κ2) is 12.1. The molecule has 0 bridgehead atoms. The number of anilines is 1. The standard InChI is InChI=1S/C25H29ClN2O6S/c1-3-15-28(19-9-11-20(33-2)12-10-19)35(31,32)21-13-14-23(26)22(16-21)25(30)34-17-24(29)27-18-7-5-4-6-8-18/h3,9-14,16,18H,1,4-8,15,17H2,2H3,(H,27,29). The van der Waals surface area contributed by atoms with Crippen molar-refractivity contribution in [2.24, 2.45) is 0 Å². The molecule has 2 aromatic rings. The molecule has 1 aliphatic carbocycles. The van der Waals surface area contributed by atoms with Gasteiger partial charge in [-0.1, -0.05) is 36.9 Å². The van der Waals surface area contributed by atoms with Crippen molar-refractivity contribution in [2.75, 3.05) is 24.6 Å². The summed E-state index contributed by atoms with van der Waals surface area (Å²) >= 11 is 6.16. The minimum atomic E-state index is -4.08. The number of hydrogen-bond donors (Lipinski definition) is 1. The largest absolute Gasteiger partial charge is 0.497 e. The number of esters is 1. The topological polar surface area (TPSA) is 102 Å². The molecule has 0 aromatic heterocycles. The summed E-state index contributed by atoms with van der Waals surface area (Å²) in [5, 5.41) is 2.88. The average Bonchev–Trinajstić information content (AvgIpc) is 2.86. The smallest absolute Gasteiger partial charge is 0.340 e. The highest BCUT2D eigenvalue weighted by molar-refractivity contribution is 7.92. The van der Waals surface area contributed by atoms with Crippen molar-refractivity contribution < 1.29 is 27.5 Å². The van der Waals surface area contributed by atoms with Crippen molar-refractivity contribution >= 4 is 39.2 Å². The Balaban J connectivity index is 1.77. The molecular formula is C25H29ClN2O6S. The van der Waals surface area contributed by atoms with Crippen molar-refractivity contribution in [2.45, 2.75) is 43.0 Å². The maximum absolute atomic E-state index is 13.4. The van der Waals surface area contributed by atoms with Gasteiger partial charge in [-0.05, 0) is 55.3 Å². The summed E-state index contributed by atoms with van der Waals surface area (Å²) in [6.45, 7) is 3.17. The van der Waals surface area contributed by atoms with Crippen LogP contribution in [0, 0.1) is 0 Å². The van der Waals surface area contributed by atoms with Crippen LogP contribution in [0.4, 0.5) is 5.69 Å². The van der Waals surface area contributed by atoms with Crippen LogP contribution < -0.4 is 14.4 Å². The van der Waals surface area contributed by atoms with Gasteiger partial charge in [0.2, 0.25) is 0 Å². The molecule has 1 saturated carbocycles. The van der Waals surface area contributed by atoms with Gasteiger partial charge in [0, 0.05) is 6.04 Å². The van der Waals surface area contributed by atoms with Crippen LogP contribution in [0.3, 0.4) is 0 Å². The van der Waals surface area contributed by atoms with Crippen LogP contribution >= 0.6 is 11.6 Å². The summed E-state index contributed by atoms with van der Waals surface area (Å²) in [5.41, 5.74) is 0.246. The number of methoxy groups -OCH3 is 1. The summed E-state index contributed by atoms with van der Waals surface area (Å²) in [6.07, 6.45) is 6.53. The molecule has 8 nitrogen and oxygen atoms in total. The number of rotatable bonds is 10. The molecule has 0 heterocycles. The van der Waals surface area contributed by atoms with Gasteiger partial charge in [-0.15, -0.1) is 6.58 Å². The van der Waals surface area contributed by atoms with Crippen molar-refractivity contribution in [3.8, 4) is 5.75 Å². The van der Waals surface area contributed by atoms with E-state index in [1.165, 1.54) is 25.3 Å². The lowest BCUT2D eigenvalue weighted by Gasteiger charge is -2.24. The minimum Gasteiger partial charge on any atom is -0.497 e. The highest BCUT2D eigenvalue weighted by atomic mass is 35.5. The van der Waals surface area contributed by atoms with Crippen LogP contribution in [0.2, 0.25) is 5.02 Å². The number of nitrogens with zero attached hydrogens (tertiary/aromatic N) is 1. The molecule has 0 saturated heterocycles. The van der Waals surface area contributed by atoms with Gasteiger partial charge in [-0.2, -0.15) is 0 Å². The van der Waals surface area contributed by atoms with E-state index in [2.05, 4.69) is 11.9 Å². The van der Waals surface area contributed by atoms with E-state index in [1.54, 1.807) is 24.3 Å². The highest BCUT2D eigenvalue weighted by Crippen LogP contribution is 2.28. The molecule has 0 aliphatic heterocycles. The van der Waals surface area contributed by atoms with Gasteiger partial charge in [-0.3, -0.25) is 9.10 Å². The fourth-order valence-corrected chi connectivity index (χ4v) is 5.54. The van der Waals surface area contributed by atoms with Gasteiger partial charge in [0.15, 0.2) is 6.61 Å². The summed E-state index contributed by atoms with van der Waals surface area (Å²) in [4.78, 5) is 24.7. The van der Waals surface area contributed by atoms with E-state index < -0.39 is 28.5 Å². The van der Waals surface area contributed by atoms with Crippen molar-refractivity contribution in [1.29, 1.82) is 0 Å². The zero-order valence-corrected chi connectivity index (χ0v) is 21.1. The monoisotopic (exact) mass is 520 g/mol. The van der Waals surface area contributed by atoms with Crippen molar-refractivity contribution in [1.82, 2.24) is 5.32 Å². The number of hydrogen-bond acceptors (Lipinski definition) is 6. The van der Waals surface area contributed by atoms with Gasteiger partial charge in [0.1, 0.15) is 5.75 Å². The molecule has 35 heavy (non-hydrogen) atoms. The summed E-state index contributed by atoms with van der Waals surface area (Å²) in [6, 6.07) is 10.4. The van der Waals surface area contributed by atoms with Gasteiger partial charge >= 0.3 is 5.97 Å². The number of carbonyl (C=O) groups excluding carboxylic acids is 2. The van der Waals surface area contributed by atoms with Crippen LogP contribution in [0.15, 0.2) is 60.0 Å². The van der Waals surface area contributed by atoms with E-state index >= 15 is 0 Å². The Morgan fingerprint density at radius 1 is 1.14 bits per heavy atom. The van der Waals surface area contributed by atoms with Crippen LogP contribution in [-0.2, 0) is 19.6 Å². The van der Waals surface area contributed by atoms with Gasteiger partial charge < -0.3 is 14.8 Å². The van der Waals surface area contributed by atoms with E-state index in [4.69, 9.17) is 21.1 Å². The number of halogens is 1. The third kappa shape index (κ3) is 6.76. The van der Waals surface area contributed by atoms with Crippen LogP contribution in [0.25, 0.3) is 0 Å². The van der Waals surface area contributed by atoms with Crippen molar-refractivity contribution in [3.05, 3.63) is 65.7 Å². The second-order valence-corrected chi connectivity index (χ2v) is 10.4. The number of sulfonamides is 1. The van der Waals surface area contributed by atoms with Gasteiger partial charge in [0.25, 0.3) is 15.9 Å². The summed E-state index contributed by atoms with van der Waals surface area (Å²) in [5.74, 6) is -0.707. The van der Waals surface area contributed by atoms with Gasteiger partial charge in [0.05, 0.1) is 34.8 Å². The maximum atomic E-state index is 13.4. The molecule has 1 amide bonds. The molecule has 0 unspecified atom stereocenters. The first-order chi connectivity index (χ1) is 16.8. The Bertz CT molecular complexity index is 1160. The molecule has 2 aromatic carbocycles. The van der Waals surface area contributed by atoms with E-state index in [1.807, 2.05) is 0 Å². The number of carbonyl (C=O) groups is 2. The molecule has 3 rings (SSSR count). The Labute approximate surface area is 210 Å². The number of nitrogens with one attached hydrogen (secondary N) is 1. The predicted octanol–water partition coefficient (Wildman–Crippen LogP) is 4.34. The quantitative estimate of drug-likeness (QED) is 0.369. The first-order valence-corrected chi connectivity index (χ1v) is 13.1. The number of amides is 1. The average molecular weight is 521 g/mol. The van der Waals surface area contributed by atoms with E-state index in [0.717, 1.165) is 42.5 Å². The molecule has 1 N–H and O–H groups in total. The lowest BCUT2D eigenvalue weighted by Crippen LogP contribution is -2.38. The molecule has 188 valence electrons. The van der Waals surface area contributed by atoms with E-state index in [9.17, 15) is 18.0 Å². The molecule has 10 heteroatoms. The molecule has 1 fully saturated rings. The first kappa shape index (κ1) is 26.6. The second-order valence-electron chi connectivity index (χ2n) is 8.14. The zero-order valence-electron chi connectivity index (χ0n) is 19.5. The Hall–Kier alpha value is -3.04. The first-order valence-electron chi connectivity index (χ1n) is 11.3. The third-order valence-corrected chi connectivity index (χ3v) is 7.83. The Morgan fingerprint density at radius 2 is 1.83 bits per heavy atom. The molecule has 1 aliphatic rings. The van der Waals surface area contributed by atoms with Crippen LogP contribution in [0.5, 0.6) is 5.75 Å².